The van der Waals surface area contributed by atoms with Gasteiger partial charge in [0.05, 0.1) is 40.1 Å². The Labute approximate surface area is 123 Å². The van der Waals surface area contributed by atoms with Gasteiger partial charge in [-0.2, -0.15) is 9.97 Å². The third-order valence-electron chi connectivity index (χ3n) is 2.26. The van der Waals surface area contributed by atoms with Gasteiger partial charge in [0.1, 0.15) is 6.61 Å². The Morgan fingerprint density at radius 1 is 0.810 bits per heavy atom. The molecule has 0 atom stereocenters. The van der Waals surface area contributed by atoms with Gasteiger partial charge in [0.15, 0.2) is 0 Å². The maximum atomic E-state index is 5.37. The van der Waals surface area contributed by atoms with Crippen LogP contribution < -0.4 is 14.8 Å². The van der Waals surface area contributed by atoms with E-state index in [1.165, 1.54) is 7.11 Å². The Bertz CT molecular complexity index is 372. The molecular formula is C12H22N4O5. The lowest BCUT2D eigenvalue weighted by molar-refractivity contribution is 0.0172. The molecule has 1 heterocycles. The molecule has 9 heteroatoms. The van der Waals surface area contributed by atoms with E-state index >= 15 is 0 Å². The van der Waals surface area contributed by atoms with Gasteiger partial charge in [0, 0.05) is 14.2 Å². The molecule has 120 valence electrons. The van der Waals surface area contributed by atoms with Crippen molar-refractivity contribution in [3.63, 3.8) is 0 Å². The molecule has 0 fully saturated rings. The lowest BCUT2D eigenvalue weighted by Crippen LogP contribution is -2.13. The molecule has 0 amide bonds. The van der Waals surface area contributed by atoms with Gasteiger partial charge in [-0.05, 0) is 0 Å². The van der Waals surface area contributed by atoms with Crippen LogP contribution in [0.3, 0.4) is 0 Å². The van der Waals surface area contributed by atoms with E-state index in [9.17, 15) is 0 Å². The highest BCUT2D eigenvalue weighted by atomic mass is 16.6. The van der Waals surface area contributed by atoms with E-state index in [4.69, 9.17) is 23.7 Å². The lowest BCUT2D eigenvalue weighted by Gasteiger charge is -2.08. The van der Waals surface area contributed by atoms with Crippen molar-refractivity contribution in [2.75, 3.05) is 66.2 Å². The first-order valence-corrected chi connectivity index (χ1v) is 6.55. The standard InChI is InChI=1S/C12H22N4O5/c1-13-10-14-11(18-3)16-12(15-10)21-9-8-20-7-6-19-5-4-17-2/h4-9H2,1-3H3,(H,13,14,15,16). The van der Waals surface area contributed by atoms with E-state index < -0.39 is 0 Å². The van der Waals surface area contributed by atoms with E-state index in [-0.39, 0.29) is 12.0 Å². The van der Waals surface area contributed by atoms with Crippen LogP contribution >= 0.6 is 0 Å². The first kappa shape index (κ1) is 17.3. The first-order valence-electron chi connectivity index (χ1n) is 6.55. The van der Waals surface area contributed by atoms with Crippen molar-refractivity contribution in [3.05, 3.63) is 0 Å². The van der Waals surface area contributed by atoms with E-state index in [0.29, 0.717) is 45.6 Å². The highest BCUT2D eigenvalue weighted by molar-refractivity contribution is 5.26. The van der Waals surface area contributed by atoms with E-state index in [2.05, 4.69) is 20.3 Å². The number of anilines is 1. The Morgan fingerprint density at radius 2 is 1.43 bits per heavy atom. The summed E-state index contributed by atoms with van der Waals surface area (Å²) in [5.74, 6) is 0.379. The number of nitrogens with zero attached hydrogens (tertiary/aromatic N) is 3. The average molecular weight is 302 g/mol. The van der Waals surface area contributed by atoms with Crippen LogP contribution in [0.4, 0.5) is 5.95 Å². The zero-order valence-corrected chi connectivity index (χ0v) is 12.6. The molecular weight excluding hydrogens is 280 g/mol. The number of ether oxygens (including phenoxy) is 5. The number of hydrogen-bond donors (Lipinski definition) is 1. The molecule has 21 heavy (non-hydrogen) atoms. The van der Waals surface area contributed by atoms with Crippen LogP contribution in [-0.2, 0) is 14.2 Å². The molecule has 1 rings (SSSR count). The summed E-state index contributed by atoms with van der Waals surface area (Å²) in [5, 5.41) is 2.80. The van der Waals surface area contributed by atoms with Crippen LogP contribution in [0.1, 0.15) is 0 Å². The number of hydrogen-bond acceptors (Lipinski definition) is 9. The molecule has 0 spiro atoms. The molecule has 1 N–H and O–H groups in total. The number of nitrogens with one attached hydrogen (secondary N) is 1. The van der Waals surface area contributed by atoms with Crippen molar-refractivity contribution in [3.8, 4) is 12.0 Å². The summed E-state index contributed by atoms with van der Waals surface area (Å²) in [6.45, 7) is 2.90. The van der Waals surface area contributed by atoms with Crippen molar-refractivity contribution in [1.82, 2.24) is 15.0 Å². The van der Waals surface area contributed by atoms with Gasteiger partial charge in [-0.1, -0.05) is 0 Å². The molecule has 0 radical (unpaired) electrons. The topological polar surface area (TPSA) is 96.9 Å². The summed E-state index contributed by atoms with van der Waals surface area (Å²) >= 11 is 0. The minimum Gasteiger partial charge on any atom is -0.467 e. The van der Waals surface area contributed by atoms with Gasteiger partial charge in [0.25, 0.3) is 0 Å². The smallest absolute Gasteiger partial charge is 0.324 e. The van der Waals surface area contributed by atoms with Crippen molar-refractivity contribution in [2.45, 2.75) is 0 Å². The highest BCUT2D eigenvalue weighted by Gasteiger charge is 2.06. The molecule has 1 aromatic rings. The predicted octanol–water partition coefficient (Wildman–Crippen LogP) is -0.0197. The second-order valence-electron chi connectivity index (χ2n) is 3.74. The molecule has 0 aliphatic rings. The fraction of sp³-hybridized carbons (Fsp3) is 0.750. The maximum absolute atomic E-state index is 5.37. The van der Waals surface area contributed by atoms with E-state index in [0.717, 1.165) is 0 Å². The molecule has 1 aromatic heterocycles. The Hall–Kier alpha value is -1.71. The number of methoxy groups -OCH3 is 2. The highest BCUT2D eigenvalue weighted by Crippen LogP contribution is 2.11. The third-order valence-corrected chi connectivity index (χ3v) is 2.26. The zero-order chi connectivity index (χ0) is 15.3. The largest absolute Gasteiger partial charge is 0.467 e. The monoisotopic (exact) mass is 302 g/mol. The van der Waals surface area contributed by atoms with Crippen LogP contribution in [-0.4, -0.2) is 75.9 Å². The molecule has 0 bridgehead atoms. The number of rotatable bonds is 12. The van der Waals surface area contributed by atoms with Gasteiger partial charge in [0.2, 0.25) is 5.95 Å². The Balaban J connectivity index is 2.15. The molecule has 0 aliphatic heterocycles. The fourth-order valence-corrected chi connectivity index (χ4v) is 1.26. The quantitative estimate of drug-likeness (QED) is 0.534. The van der Waals surface area contributed by atoms with Crippen molar-refractivity contribution < 1.29 is 23.7 Å². The van der Waals surface area contributed by atoms with Crippen LogP contribution in [0.25, 0.3) is 0 Å². The van der Waals surface area contributed by atoms with Crippen molar-refractivity contribution in [2.24, 2.45) is 0 Å². The second-order valence-corrected chi connectivity index (χ2v) is 3.74. The van der Waals surface area contributed by atoms with Gasteiger partial charge < -0.3 is 29.0 Å². The maximum Gasteiger partial charge on any atom is 0.324 e. The molecule has 0 saturated heterocycles. The van der Waals surface area contributed by atoms with Crippen LogP contribution in [0.2, 0.25) is 0 Å². The summed E-state index contributed by atoms with van der Waals surface area (Å²) in [6.07, 6.45) is 0. The summed E-state index contributed by atoms with van der Waals surface area (Å²) in [7, 11) is 4.81. The van der Waals surface area contributed by atoms with Gasteiger partial charge in [-0.3, -0.25) is 0 Å². The van der Waals surface area contributed by atoms with Crippen LogP contribution in [0.5, 0.6) is 12.0 Å². The Kier molecular flexibility index (Phi) is 9.09. The summed E-state index contributed by atoms with van der Waals surface area (Å²) < 4.78 is 25.8. The minimum absolute atomic E-state index is 0.186. The van der Waals surface area contributed by atoms with Gasteiger partial charge in [-0.25, -0.2) is 0 Å². The molecule has 0 aliphatic carbocycles. The van der Waals surface area contributed by atoms with Crippen molar-refractivity contribution >= 4 is 5.95 Å². The minimum atomic E-state index is 0.186. The zero-order valence-electron chi connectivity index (χ0n) is 12.6. The summed E-state index contributed by atoms with van der Waals surface area (Å²) in [4.78, 5) is 12.0. The molecule has 0 saturated carbocycles. The Morgan fingerprint density at radius 3 is 2.05 bits per heavy atom. The predicted molar refractivity (Wildman–Crippen MR) is 74.9 cm³/mol. The second kappa shape index (κ2) is 11.0. The summed E-state index contributed by atoms with van der Waals surface area (Å²) in [5.41, 5.74) is 0. The molecule has 0 aromatic carbocycles. The van der Waals surface area contributed by atoms with Crippen LogP contribution in [0, 0.1) is 0 Å². The van der Waals surface area contributed by atoms with Crippen molar-refractivity contribution in [1.29, 1.82) is 0 Å². The van der Waals surface area contributed by atoms with Crippen LogP contribution in [0.15, 0.2) is 0 Å². The fourth-order valence-electron chi connectivity index (χ4n) is 1.26. The lowest BCUT2D eigenvalue weighted by atomic mass is 10.7. The summed E-state index contributed by atoms with van der Waals surface area (Å²) in [6, 6.07) is 0.378. The molecule has 0 unspecified atom stereocenters. The average Bonchev–Trinajstić information content (AvgIpc) is 2.52. The van der Waals surface area contributed by atoms with Gasteiger partial charge >= 0.3 is 12.0 Å². The normalized spacial score (nSPS) is 10.4. The van der Waals surface area contributed by atoms with Gasteiger partial charge in [-0.15, -0.1) is 4.98 Å². The molecule has 9 nitrogen and oxygen atoms in total. The first-order chi connectivity index (χ1) is 10.3. The third kappa shape index (κ3) is 7.59. The number of aromatic nitrogens is 3. The van der Waals surface area contributed by atoms with E-state index in [1.807, 2.05) is 0 Å². The van der Waals surface area contributed by atoms with E-state index in [1.54, 1.807) is 14.2 Å². The SMILES string of the molecule is CNc1nc(OC)nc(OCCOCCOCCOC)n1.